The maximum atomic E-state index is 5.37. The van der Waals surface area contributed by atoms with Crippen LogP contribution in [0.2, 0.25) is 0 Å². The molecule has 4 heteroatoms. The molecule has 0 radical (unpaired) electrons. The SMILES string of the molecule is c1ccc(-c2cccc(-c3sc4c(c(-c5ccccc5)nc5ccccc54)c3-c3ccc(-c4ccc(-c5cc(-c6ccccc6)nc(-c6ccccc6)n5)cc4)cc3)c2)cc1. The molecule has 11 aromatic rings. The van der Waals surface area contributed by atoms with Crippen LogP contribution >= 0.6 is 11.3 Å². The molecule has 0 atom stereocenters. The standard InChI is InChI=1S/C57H37N3S/c1-5-16-38(17-6-1)46-24-15-25-47(36-46)55-52(53-54(44-20-9-3-10-21-44)58-49-27-14-13-26-48(49)56(53)61-55)43-34-30-40(31-35-43)39-28-32-42(33-29-39)51-37-50(41-18-7-2-8-19-41)59-57(60-51)45-22-11-4-12-23-45/h1-37H. The Morgan fingerprint density at radius 1 is 0.311 bits per heavy atom. The molecule has 0 fully saturated rings. The van der Waals surface area contributed by atoms with Crippen LogP contribution in [0.5, 0.6) is 0 Å². The van der Waals surface area contributed by atoms with E-state index in [2.05, 4.69) is 188 Å². The molecule has 3 heterocycles. The van der Waals surface area contributed by atoms with Gasteiger partial charge in [-0.25, -0.2) is 15.0 Å². The van der Waals surface area contributed by atoms with Crippen LogP contribution in [0.1, 0.15) is 0 Å². The van der Waals surface area contributed by atoms with Crippen LogP contribution < -0.4 is 0 Å². The van der Waals surface area contributed by atoms with E-state index in [4.69, 9.17) is 15.0 Å². The molecule has 0 N–H and O–H groups in total. The van der Waals surface area contributed by atoms with Gasteiger partial charge in [0.2, 0.25) is 0 Å². The summed E-state index contributed by atoms with van der Waals surface area (Å²) in [6.45, 7) is 0. The lowest BCUT2D eigenvalue weighted by Crippen LogP contribution is -1.95. The summed E-state index contributed by atoms with van der Waals surface area (Å²) in [6.07, 6.45) is 0. The quantitative estimate of drug-likeness (QED) is 0.154. The molecule has 0 amide bonds. The number of rotatable bonds is 8. The van der Waals surface area contributed by atoms with E-state index in [1.807, 2.05) is 47.7 Å². The third-order valence-corrected chi connectivity index (χ3v) is 12.6. The predicted molar refractivity (Wildman–Crippen MR) is 256 cm³/mol. The number of para-hydroxylation sites is 1. The van der Waals surface area contributed by atoms with Gasteiger partial charge >= 0.3 is 0 Å². The van der Waals surface area contributed by atoms with Gasteiger partial charge in [0.1, 0.15) is 0 Å². The van der Waals surface area contributed by atoms with Crippen LogP contribution in [0, 0.1) is 0 Å². The number of thiophene rings is 1. The third-order valence-electron chi connectivity index (χ3n) is 11.3. The number of nitrogens with zero attached hydrogens (tertiary/aromatic N) is 3. The summed E-state index contributed by atoms with van der Waals surface area (Å²) >= 11 is 1.86. The van der Waals surface area contributed by atoms with Crippen molar-refractivity contribution >= 4 is 32.3 Å². The van der Waals surface area contributed by atoms with Crippen LogP contribution in [0.25, 0.3) is 110 Å². The van der Waals surface area contributed by atoms with Crippen molar-refractivity contribution < 1.29 is 0 Å². The molecule has 61 heavy (non-hydrogen) atoms. The van der Waals surface area contributed by atoms with E-state index in [1.54, 1.807) is 0 Å². The van der Waals surface area contributed by atoms with Gasteiger partial charge in [-0.05, 0) is 51.6 Å². The Labute approximate surface area is 359 Å². The van der Waals surface area contributed by atoms with E-state index in [-0.39, 0.29) is 0 Å². The van der Waals surface area contributed by atoms with E-state index in [0.29, 0.717) is 5.82 Å². The average Bonchev–Trinajstić information content (AvgIpc) is 3.76. The zero-order valence-corrected chi connectivity index (χ0v) is 33.9. The summed E-state index contributed by atoms with van der Waals surface area (Å²) < 4.78 is 1.25. The molecule has 0 unspecified atom stereocenters. The van der Waals surface area contributed by atoms with E-state index in [1.165, 1.54) is 42.6 Å². The minimum atomic E-state index is 0.711. The third kappa shape index (κ3) is 6.99. The molecule has 0 saturated heterocycles. The molecule has 11 rings (SSSR count). The first kappa shape index (κ1) is 36.3. The fourth-order valence-electron chi connectivity index (χ4n) is 8.27. The molecule has 0 bridgehead atoms. The second-order valence-electron chi connectivity index (χ2n) is 15.1. The molecule has 3 nitrogen and oxygen atoms in total. The molecule has 0 aliphatic rings. The van der Waals surface area contributed by atoms with Gasteiger partial charge in [-0.15, -0.1) is 11.3 Å². The number of hydrogen-bond donors (Lipinski definition) is 0. The normalized spacial score (nSPS) is 11.3. The Morgan fingerprint density at radius 3 is 1.41 bits per heavy atom. The van der Waals surface area contributed by atoms with E-state index in [9.17, 15) is 0 Å². The second kappa shape index (κ2) is 15.8. The Hall–Kier alpha value is -7.79. The lowest BCUT2D eigenvalue weighted by molar-refractivity contribution is 1.18. The predicted octanol–water partition coefficient (Wildman–Crippen LogP) is 15.6. The van der Waals surface area contributed by atoms with Crippen molar-refractivity contribution in [3.63, 3.8) is 0 Å². The van der Waals surface area contributed by atoms with Gasteiger partial charge in [-0.2, -0.15) is 0 Å². The second-order valence-corrected chi connectivity index (χ2v) is 16.2. The van der Waals surface area contributed by atoms with Gasteiger partial charge in [-0.1, -0.05) is 206 Å². The first-order valence-corrected chi connectivity index (χ1v) is 21.3. The molecule has 8 aromatic carbocycles. The van der Waals surface area contributed by atoms with E-state index in [0.717, 1.165) is 61.5 Å². The maximum Gasteiger partial charge on any atom is 0.160 e. The summed E-state index contributed by atoms with van der Waals surface area (Å²) in [4.78, 5) is 16.6. The van der Waals surface area contributed by atoms with Gasteiger partial charge in [0.25, 0.3) is 0 Å². The van der Waals surface area contributed by atoms with Gasteiger partial charge < -0.3 is 0 Å². The van der Waals surface area contributed by atoms with Crippen molar-refractivity contribution in [1.29, 1.82) is 0 Å². The van der Waals surface area contributed by atoms with Crippen molar-refractivity contribution in [2.24, 2.45) is 0 Å². The molecule has 0 aliphatic carbocycles. The first-order chi connectivity index (χ1) is 30.2. The molecule has 3 aromatic heterocycles. The highest BCUT2D eigenvalue weighted by Gasteiger charge is 2.23. The molecule has 0 aliphatic heterocycles. The number of hydrogen-bond acceptors (Lipinski definition) is 4. The first-order valence-electron chi connectivity index (χ1n) is 20.5. The molecule has 286 valence electrons. The maximum absolute atomic E-state index is 5.37. The summed E-state index contributed by atoms with van der Waals surface area (Å²) in [5, 5.41) is 2.35. The summed E-state index contributed by atoms with van der Waals surface area (Å²) in [6, 6.07) is 79.1. The van der Waals surface area contributed by atoms with Gasteiger partial charge in [0, 0.05) is 48.2 Å². The largest absolute Gasteiger partial charge is 0.247 e. The molecular weight excluding hydrogens is 759 g/mol. The smallest absolute Gasteiger partial charge is 0.160 e. The van der Waals surface area contributed by atoms with Gasteiger partial charge in [0.05, 0.1) is 22.6 Å². The van der Waals surface area contributed by atoms with Crippen molar-refractivity contribution in [2.75, 3.05) is 0 Å². The minimum absolute atomic E-state index is 0.711. The van der Waals surface area contributed by atoms with Crippen LogP contribution in [0.3, 0.4) is 0 Å². The highest BCUT2D eigenvalue weighted by Crippen LogP contribution is 2.50. The van der Waals surface area contributed by atoms with Crippen molar-refractivity contribution in [3.05, 3.63) is 224 Å². The Bertz CT molecular complexity index is 3250. The zero-order chi connectivity index (χ0) is 40.5. The highest BCUT2D eigenvalue weighted by molar-refractivity contribution is 7.24. The zero-order valence-electron chi connectivity index (χ0n) is 33.1. The Kier molecular flexibility index (Phi) is 9.38. The lowest BCUT2D eigenvalue weighted by Gasteiger charge is -2.12. The lowest BCUT2D eigenvalue weighted by atomic mass is 9.93. The number of aromatic nitrogens is 3. The van der Waals surface area contributed by atoms with Gasteiger partial charge in [0.15, 0.2) is 5.82 Å². The highest BCUT2D eigenvalue weighted by atomic mass is 32.1. The fraction of sp³-hybridized carbons (Fsp3) is 0. The Balaban J connectivity index is 1.02. The van der Waals surface area contributed by atoms with Crippen LogP contribution in [-0.2, 0) is 0 Å². The number of fused-ring (bicyclic) bond motifs is 3. The number of benzene rings is 8. The monoisotopic (exact) mass is 795 g/mol. The summed E-state index contributed by atoms with van der Waals surface area (Å²) in [5.74, 6) is 0.711. The summed E-state index contributed by atoms with van der Waals surface area (Å²) in [7, 11) is 0. The van der Waals surface area contributed by atoms with E-state index < -0.39 is 0 Å². The van der Waals surface area contributed by atoms with Gasteiger partial charge in [-0.3, -0.25) is 0 Å². The number of pyridine rings is 1. The minimum Gasteiger partial charge on any atom is -0.247 e. The van der Waals surface area contributed by atoms with Crippen molar-refractivity contribution in [1.82, 2.24) is 15.0 Å². The summed E-state index contributed by atoms with van der Waals surface area (Å²) in [5.41, 5.74) is 16.2. The molecular formula is C57H37N3S. The molecule has 0 saturated carbocycles. The van der Waals surface area contributed by atoms with E-state index >= 15 is 0 Å². The average molecular weight is 796 g/mol. The van der Waals surface area contributed by atoms with Crippen LogP contribution in [0.15, 0.2) is 224 Å². The van der Waals surface area contributed by atoms with Crippen LogP contribution in [-0.4, -0.2) is 15.0 Å². The van der Waals surface area contributed by atoms with Crippen LogP contribution in [0.4, 0.5) is 0 Å². The topological polar surface area (TPSA) is 38.7 Å². The van der Waals surface area contributed by atoms with Crippen molar-refractivity contribution in [3.8, 4) is 89.0 Å². The fourth-order valence-corrected chi connectivity index (χ4v) is 9.63. The molecule has 0 spiro atoms. The Morgan fingerprint density at radius 2 is 0.770 bits per heavy atom. The van der Waals surface area contributed by atoms with Crippen molar-refractivity contribution in [2.45, 2.75) is 0 Å².